The first-order chi connectivity index (χ1) is 12.2. The average Bonchev–Trinajstić information content (AvgIpc) is 3.24. The van der Waals surface area contributed by atoms with Crippen molar-refractivity contribution in [1.29, 1.82) is 0 Å². The molecular weight excluding hydrogens is 320 g/mol. The minimum absolute atomic E-state index is 0.0460. The van der Waals surface area contributed by atoms with Crippen LogP contribution in [0.2, 0.25) is 0 Å². The van der Waals surface area contributed by atoms with E-state index in [-0.39, 0.29) is 24.5 Å². The number of carbonyl (C=O) groups is 2. The van der Waals surface area contributed by atoms with Gasteiger partial charge in [0, 0.05) is 26.1 Å². The highest BCUT2D eigenvalue weighted by Gasteiger charge is 2.23. The lowest BCUT2D eigenvalue weighted by Crippen LogP contribution is -2.35. The van der Waals surface area contributed by atoms with Crippen molar-refractivity contribution in [1.82, 2.24) is 20.2 Å². The monoisotopic (exact) mass is 344 g/mol. The molecule has 0 aliphatic carbocycles. The molecule has 1 aliphatic heterocycles. The number of aromatic nitrogens is 2. The lowest BCUT2D eigenvalue weighted by molar-refractivity contribution is -0.130. The van der Waals surface area contributed by atoms with Gasteiger partial charge in [-0.2, -0.15) is 0 Å². The third kappa shape index (κ3) is 4.17. The van der Waals surface area contributed by atoms with Crippen LogP contribution >= 0.6 is 0 Å². The van der Waals surface area contributed by atoms with Gasteiger partial charge in [-0.15, -0.1) is 0 Å². The largest absolute Gasteiger partial charge is 0.368 e. The average molecular weight is 344 g/mol. The van der Waals surface area contributed by atoms with E-state index in [2.05, 4.69) is 15.6 Å². The Morgan fingerprint density at radius 1 is 1.32 bits per heavy atom. The van der Waals surface area contributed by atoms with E-state index in [0.717, 1.165) is 29.7 Å². The zero-order valence-electron chi connectivity index (χ0n) is 14.5. The molecule has 2 aromatic rings. The first-order valence-corrected chi connectivity index (χ1v) is 8.79. The van der Waals surface area contributed by atoms with E-state index in [1.54, 1.807) is 0 Å². The minimum atomic E-state index is -0.325. The smallest absolute Gasteiger partial charge is 0.249 e. The van der Waals surface area contributed by atoms with Gasteiger partial charge in [0.15, 0.2) is 0 Å². The quantitative estimate of drug-likeness (QED) is 0.785. The summed E-state index contributed by atoms with van der Waals surface area (Å²) >= 11 is 0. The van der Waals surface area contributed by atoms with Crippen molar-refractivity contribution in [2.24, 2.45) is 0 Å². The lowest BCUT2D eigenvalue weighted by atomic mass is 10.2. The topological polar surface area (TPSA) is 85.2 Å². The molecule has 1 aromatic heterocycles. The van der Waals surface area contributed by atoms with Crippen LogP contribution in [-0.2, 0) is 27.3 Å². The van der Waals surface area contributed by atoms with Crippen molar-refractivity contribution in [3.8, 4) is 0 Å². The molecule has 0 saturated carbocycles. The van der Waals surface area contributed by atoms with E-state index in [1.807, 2.05) is 35.8 Å². The highest BCUT2D eigenvalue weighted by Crippen LogP contribution is 2.16. The Morgan fingerprint density at radius 3 is 2.92 bits per heavy atom. The number of ether oxygens (including phenoxy) is 1. The van der Waals surface area contributed by atoms with Gasteiger partial charge in [0.1, 0.15) is 18.5 Å². The summed E-state index contributed by atoms with van der Waals surface area (Å²) in [7, 11) is 0. The molecule has 25 heavy (non-hydrogen) atoms. The van der Waals surface area contributed by atoms with E-state index >= 15 is 0 Å². The number of benzene rings is 1. The predicted molar refractivity (Wildman–Crippen MR) is 94.1 cm³/mol. The molecule has 134 valence electrons. The van der Waals surface area contributed by atoms with E-state index in [0.29, 0.717) is 26.1 Å². The first kappa shape index (κ1) is 17.4. The van der Waals surface area contributed by atoms with Gasteiger partial charge in [-0.25, -0.2) is 4.98 Å². The second kappa shape index (κ2) is 8.11. The number of hydrogen-bond donors (Lipinski definition) is 2. The second-order valence-electron chi connectivity index (χ2n) is 6.10. The molecule has 7 nitrogen and oxygen atoms in total. The van der Waals surface area contributed by atoms with Crippen LogP contribution in [0.3, 0.4) is 0 Å². The third-order valence-electron chi connectivity index (χ3n) is 4.28. The molecule has 1 aromatic carbocycles. The standard InChI is InChI=1S/C18H24N4O3/c1-2-19-17(23)12-22-14-7-4-3-6-13(14)21-16(22)9-10-20-18(24)15-8-5-11-25-15/h3-4,6-7,15H,2,5,8-12H2,1H3,(H,19,23)(H,20,24). The van der Waals surface area contributed by atoms with Gasteiger partial charge >= 0.3 is 0 Å². The van der Waals surface area contributed by atoms with Gasteiger partial charge in [0.25, 0.3) is 0 Å². The van der Waals surface area contributed by atoms with E-state index in [1.165, 1.54) is 0 Å². The maximum Gasteiger partial charge on any atom is 0.249 e. The number of para-hydroxylation sites is 2. The maximum absolute atomic E-state index is 12.0. The number of likely N-dealkylation sites (N-methyl/N-ethyl adjacent to an activating group) is 1. The molecule has 0 spiro atoms. The van der Waals surface area contributed by atoms with Gasteiger partial charge in [0.2, 0.25) is 11.8 Å². The van der Waals surface area contributed by atoms with Crippen LogP contribution in [0.25, 0.3) is 11.0 Å². The van der Waals surface area contributed by atoms with E-state index in [9.17, 15) is 9.59 Å². The number of fused-ring (bicyclic) bond motifs is 1. The Morgan fingerprint density at radius 2 is 2.16 bits per heavy atom. The van der Waals surface area contributed by atoms with Gasteiger partial charge in [-0.3, -0.25) is 9.59 Å². The molecule has 1 unspecified atom stereocenters. The Bertz CT molecular complexity index is 750. The van der Waals surface area contributed by atoms with E-state index in [4.69, 9.17) is 4.74 Å². The molecule has 3 rings (SSSR count). The van der Waals surface area contributed by atoms with Crippen molar-refractivity contribution < 1.29 is 14.3 Å². The Hall–Kier alpha value is -2.41. The lowest BCUT2D eigenvalue weighted by Gasteiger charge is -2.12. The highest BCUT2D eigenvalue weighted by atomic mass is 16.5. The molecular formula is C18H24N4O3. The summed E-state index contributed by atoms with van der Waals surface area (Å²) < 4.78 is 7.30. The van der Waals surface area contributed by atoms with Gasteiger partial charge in [-0.05, 0) is 31.9 Å². The summed E-state index contributed by atoms with van der Waals surface area (Å²) in [6, 6.07) is 7.74. The fraction of sp³-hybridized carbons (Fsp3) is 0.500. The number of hydrogen-bond acceptors (Lipinski definition) is 4. The zero-order chi connectivity index (χ0) is 17.6. The molecule has 0 bridgehead atoms. The van der Waals surface area contributed by atoms with Crippen molar-refractivity contribution in [3.63, 3.8) is 0 Å². The van der Waals surface area contributed by atoms with Crippen LogP contribution in [0.5, 0.6) is 0 Å². The van der Waals surface area contributed by atoms with Gasteiger partial charge in [-0.1, -0.05) is 12.1 Å². The molecule has 2 heterocycles. The van der Waals surface area contributed by atoms with Crippen LogP contribution in [0.1, 0.15) is 25.6 Å². The molecule has 2 amide bonds. The highest BCUT2D eigenvalue weighted by molar-refractivity contribution is 5.82. The summed E-state index contributed by atoms with van der Waals surface area (Å²) in [5.41, 5.74) is 1.78. The molecule has 2 N–H and O–H groups in total. The van der Waals surface area contributed by atoms with Crippen molar-refractivity contribution in [2.75, 3.05) is 19.7 Å². The molecule has 1 fully saturated rings. The van der Waals surface area contributed by atoms with Gasteiger partial charge < -0.3 is 19.9 Å². The summed E-state index contributed by atoms with van der Waals surface area (Å²) in [6.45, 7) is 3.84. The fourth-order valence-electron chi connectivity index (χ4n) is 3.09. The SMILES string of the molecule is CCNC(=O)Cn1c(CCNC(=O)C2CCCO2)nc2ccccc21. The Kier molecular flexibility index (Phi) is 5.65. The van der Waals surface area contributed by atoms with Crippen molar-refractivity contribution >= 4 is 22.8 Å². The Balaban J connectivity index is 1.69. The number of nitrogens with one attached hydrogen (secondary N) is 2. The number of nitrogens with zero attached hydrogens (tertiary/aromatic N) is 2. The molecule has 1 aliphatic rings. The van der Waals surface area contributed by atoms with Crippen LogP contribution < -0.4 is 10.6 Å². The minimum Gasteiger partial charge on any atom is -0.368 e. The summed E-state index contributed by atoms with van der Waals surface area (Å²) in [6.07, 6.45) is 1.95. The van der Waals surface area contributed by atoms with E-state index < -0.39 is 0 Å². The van der Waals surface area contributed by atoms with Crippen LogP contribution in [0.15, 0.2) is 24.3 Å². The second-order valence-corrected chi connectivity index (χ2v) is 6.10. The van der Waals surface area contributed by atoms with Crippen molar-refractivity contribution in [2.45, 2.75) is 38.8 Å². The molecule has 1 saturated heterocycles. The van der Waals surface area contributed by atoms with Crippen LogP contribution in [0.4, 0.5) is 0 Å². The fourth-order valence-corrected chi connectivity index (χ4v) is 3.09. The van der Waals surface area contributed by atoms with Crippen molar-refractivity contribution in [3.05, 3.63) is 30.1 Å². The third-order valence-corrected chi connectivity index (χ3v) is 4.28. The number of carbonyl (C=O) groups excluding carboxylic acids is 2. The number of rotatable bonds is 7. The van der Waals surface area contributed by atoms with Gasteiger partial charge in [0.05, 0.1) is 11.0 Å². The zero-order valence-corrected chi connectivity index (χ0v) is 14.5. The summed E-state index contributed by atoms with van der Waals surface area (Å²) in [4.78, 5) is 28.7. The molecule has 1 atom stereocenters. The maximum atomic E-state index is 12.0. The molecule has 7 heteroatoms. The van der Waals surface area contributed by atoms with Crippen LogP contribution in [-0.4, -0.2) is 47.2 Å². The summed E-state index contributed by atoms with van der Waals surface area (Å²) in [5, 5.41) is 5.72. The number of imidazole rings is 1. The van der Waals surface area contributed by atoms with Crippen LogP contribution in [0, 0.1) is 0 Å². The predicted octanol–water partition coefficient (Wildman–Crippen LogP) is 1.01. The molecule has 0 radical (unpaired) electrons. The summed E-state index contributed by atoms with van der Waals surface area (Å²) in [5.74, 6) is 0.680. The normalized spacial score (nSPS) is 16.9. The number of amides is 2. The Labute approximate surface area is 146 Å². The first-order valence-electron chi connectivity index (χ1n) is 8.79.